The van der Waals surface area contributed by atoms with E-state index in [1.54, 1.807) is 6.07 Å². The summed E-state index contributed by atoms with van der Waals surface area (Å²) in [5.74, 6) is -0.883. The third-order valence-corrected chi connectivity index (χ3v) is 3.65. The molecule has 1 N–H and O–H groups in total. The second-order valence-corrected chi connectivity index (χ2v) is 6.22. The van der Waals surface area contributed by atoms with Crippen molar-refractivity contribution in [1.82, 2.24) is 10.2 Å². The minimum atomic E-state index is -0.504. The van der Waals surface area contributed by atoms with Crippen LogP contribution in [0.4, 0.5) is 4.39 Å². The first-order valence-electron chi connectivity index (χ1n) is 6.82. The van der Waals surface area contributed by atoms with Gasteiger partial charge in [-0.05, 0) is 45.9 Å². The van der Waals surface area contributed by atoms with Crippen LogP contribution in [0.5, 0.6) is 0 Å². The first-order valence-corrected chi connectivity index (χ1v) is 7.61. The van der Waals surface area contributed by atoms with Gasteiger partial charge in [0.15, 0.2) is 0 Å². The van der Waals surface area contributed by atoms with Gasteiger partial charge in [-0.3, -0.25) is 9.69 Å². The molecule has 3 nitrogen and oxygen atoms in total. The molecule has 20 heavy (non-hydrogen) atoms. The zero-order valence-corrected chi connectivity index (χ0v) is 14.0. The van der Waals surface area contributed by atoms with Crippen LogP contribution in [0.1, 0.15) is 38.1 Å². The average Bonchev–Trinajstić information content (AvgIpc) is 2.36. The van der Waals surface area contributed by atoms with E-state index in [0.717, 1.165) is 6.54 Å². The fourth-order valence-electron chi connectivity index (χ4n) is 2.18. The van der Waals surface area contributed by atoms with Crippen LogP contribution in [0, 0.1) is 5.82 Å². The summed E-state index contributed by atoms with van der Waals surface area (Å²) in [6, 6.07) is 5.18. The van der Waals surface area contributed by atoms with E-state index in [1.165, 1.54) is 12.1 Å². The van der Waals surface area contributed by atoms with Crippen molar-refractivity contribution in [2.75, 3.05) is 13.1 Å². The second-order valence-electron chi connectivity index (χ2n) is 5.31. The predicted octanol–water partition coefficient (Wildman–Crippen LogP) is 3.44. The van der Waals surface area contributed by atoms with E-state index in [2.05, 4.69) is 53.8 Å². The lowest BCUT2D eigenvalue weighted by Crippen LogP contribution is -2.42. The van der Waals surface area contributed by atoms with Crippen molar-refractivity contribution in [1.29, 1.82) is 0 Å². The molecule has 1 aromatic rings. The van der Waals surface area contributed by atoms with Crippen molar-refractivity contribution in [2.45, 2.75) is 39.8 Å². The Morgan fingerprint density at radius 2 is 1.90 bits per heavy atom. The van der Waals surface area contributed by atoms with E-state index in [9.17, 15) is 9.18 Å². The molecule has 0 spiro atoms. The van der Waals surface area contributed by atoms with Crippen molar-refractivity contribution in [3.05, 3.63) is 34.1 Å². The molecular formula is C15H22BrFN2O. The minimum absolute atomic E-state index is 0.0695. The van der Waals surface area contributed by atoms with Gasteiger partial charge in [0.1, 0.15) is 5.82 Å². The maximum Gasteiger partial charge on any atom is 0.254 e. The van der Waals surface area contributed by atoms with Gasteiger partial charge in [0.05, 0.1) is 5.56 Å². The number of benzene rings is 1. The van der Waals surface area contributed by atoms with Crippen LogP contribution < -0.4 is 5.32 Å². The number of amides is 1. The summed E-state index contributed by atoms with van der Waals surface area (Å²) in [6.45, 7) is 9.73. The first kappa shape index (κ1) is 17.1. The van der Waals surface area contributed by atoms with Gasteiger partial charge in [0, 0.05) is 29.6 Å². The molecule has 1 amide bonds. The average molecular weight is 345 g/mol. The molecule has 0 saturated heterocycles. The molecule has 0 radical (unpaired) electrons. The normalized spacial score (nSPS) is 11.4. The Bertz CT molecular complexity index is 455. The van der Waals surface area contributed by atoms with Crippen LogP contribution >= 0.6 is 15.9 Å². The molecule has 0 aliphatic carbocycles. The molecule has 112 valence electrons. The maximum atomic E-state index is 13.6. The topological polar surface area (TPSA) is 32.3 Å². The predicted molar refractivity (Wildman–Crippen MR) is 83.4 cm³/mol. The number of carbonyl (C=O) groups is 1. The number of hydrogen-bond acceptors (Lipinski definition) is 2. The number of carbonyl (C=O) groups excluding carboxylic acids is 1. The van der Waals surface area contributed by atoms with E-state index in [1.807, 2.05) is 0 Å². The van der Waals surface area contributed by atoms with Crippen molar-refractivity contribution >= 4 is 21.8 Å². The molecular weight excluding hydrogens is 323 g/mol. The van der Waals surface area contributed by atoms with Gasteiger partial charge in [0.25, 0.3) is 5.91 Å². The molecule has 1 aromatic carbocycles. The van der Waals surface area contributed by atoms with E-state index in [0.29, 0.717) is 23.1 Å². The van der Waals surface area contributed by atoms with Crippen molar-refractivity contribution in [2.24, 2.45) is 0 Å². The standard InChI is InChI=1S/C15H22BrFN2O/c1-10(2)19(11(3)4)8-7-18-15(20)13-9-12(16)5-6-14(13)17/h5-6,9-11H,7-8H2,1-4H3,(H,18,20). The highest BCUT2D eigenvalue weighted by atomic mass is 79.9. The van der Waals surface area contributed by atoms with Crippen LogP contribution in [0.2, 0.25) is 0 Å². The fourth-order valence-corrected chi connectivity index (χ4v) is 2.54. The number of hydrogen-bond donors (Lipinski definition) is 1. The molecule has 0 bridgehead atoms. The largest absolute Gasteiger partial charge is 0.351 e. The lowest BCUT2D eigenvalue weighted by Gasteiger charge is -2.30. The highest BCUT2D eigenvalue weighted by molar-refractivity contribution is 9.10. The Kier molecular flexibility index (Phi) is 6.62. The number of rotatable bonds is 6. The highest BCUT2D eigenvalue weighted by Crippen LogP contribution is 2.15. The van der Waals surface area contributed by atoms with Gasteiger partial charge in [-0.1, -0.05) is 15.9 Å². The second kappa shape index (κ2) is 7.74. The van der Waals surface area contributed by atoms with Crippen LogP contribution in [0.3, 0.4) is 0 Å². The first-order chi connectivity index (χ1) is 9.32. The van der Waals surface area contributed by atoms with E-state index >= 15 is 0 Å². The molecule has 1 rings (SSSR count). The molecule has 0 saturated carbocycles. The molecule has 0 unspecified atom stereocenters. The third-order valence-electron chi connectivity index (χ3n) is 3.16. The lowest BCUT2D eigenvalue weighted by atomic mass is 10.2. The van der Waals surface area contributed by atoms with Crippen LogP contribution in [-0.4, -0.2) is 36.0 Å². The number of halogens is 2. The monoisotopic (exact) mass is 344 g/mol. The minimum Gasteiger partial charge on any atom is -0.351 e. The van der Waals surface area contributed by atoms with Crippen molar-refractivity contribution < 1.29 is 9.18 Å². The summed E-state index contributed by atoms with van der Waals surface area (Å²) in [5, 5.41) is 2.77. The highest BCUT2D eigenvalue weighted by Gasteiger charge is 2.15. The Balaban J connectivity index is 2.57. The number of nitrogens with one attached hydrogen (secondary N) is 1. The summed E-state index contributed by atoms with van der Waals surface area (Å²) in [5.41, 5.74) is 0.0695. The molecule has 5 heteroatoms. The van der Waals surface area contributed by atoms with Gasteiger partial charge >= 0.3 is 0 Å². The quantitative estimate of drug-likeness (QED) is 0.857. The van der Waals surface area contributed by atoms with Gasteiger partial charge in [-0.25, -0.2) is 4.39 Å². The Morgan fingerprint density at radius 1 is 1.30 bits per heavy atom. The van der Waals surface area contributed by atoms with Crippen molar-refractivity contribution in [3.8, 4) is 0 Å². The zero-order valence-electron chi connectivity index (χ0n) is 12.4. The summed E-state index contributed by atoms with van der Waals surface area (Å²) >= 11 is 3.24. The SMILES string of the molecule is CC(C)N(CCNC(=O)c1cc(Br)ccc1F)C(C)C. The van der Waals surface area contributed by atoms with Crippen LogP contribution in [0.25, 0.3) is 0 Å². The molecule has 0 aliphatic rings. The smallest absolute Gasteiger partial charge is 0.254 e. The van der Waals surface area contributed by atoms with Crippen molar-refractivity contribution in [3.63, 3.8) is 0 Å². The molecule has 0 heterocycles. The molecule has 0 fully saturated rings. The summed E-state index contributed by atoms with van der Waals surface area (Å²) in [6.07, 6.45) is 0. The molecule has 0 aromatic heterocycles. The third kappa shape index (κ3) is 4.87. The Labute approximate surface area is 128 Å². The van der Waals surface area contributed by atoms with Crippen LogP contribution in [-0.2, 0) is 0 Å². The van der Waals surface area contributed by atoms with Crippen LogP contribution in [0.15, 0.2) is 22.7 Å². The van der Waals surface area contributed by atoms with Gasteiger partial charge < -0.3 is 5.32 Å². The van der Waals surface area contributed by atoms with Gasteiger partial charge in [-0.15, -0.1) is 0 Å². The molecule has 0 aliphatic heterocycles. The van der Waals surface area contributed by atoms with E-state index in [-0.39, 0.29) is 11.5 Å². The lowest BCUT2D eigenvalue weighted by molar-refractivity contribution is 0.0935. The Morgan fingerprint density at radius 3 is 2.45 bits per heavy atom. The summed E-state index contributed by atoms with van der Waals surface area (Å²) in [4.78, 5) is 14.2. The zero-order chi connectivity index (χ0) is 15.3. The summed E-state index contributed by atoms with van der Waals surface area (Å²) < 4.78 is 14.3. The Hall–Kier alpha value is -0.940. The fraction of sp³-hybridized carbons (Fsp3) is 0.533. The summed E-state index contributed by atoms with van der Waals surface area (Å²) in [7, 11) is 0. The van der Waals surface area contributed by atoms with E-state index in [4.69, 9.17) is 0 Å². The van der Waals surface area contributed by atoms with Gasteiger partial charge in [0.2, 0.25) is 0 Å². The maximum absolute atomic E-state index is 13.6. The molecule has 0 atom stereocenters. The van der Waals surface area contributed by atoms with E-state index < -0.39 is 5.82 Å². The van der Waals surface area contributed by atoms with Gasteiger partial charge in [-0.2, -0.15) is 0 Å². The number of nitrogens with zero attached hydrogens (tertiary/aromatic N) is 1.